The number of hydrogen-bond acceptors (Lipinski definition) is 2. The normalized spacial score (nSPS) is 10.8. The molecule has 2 aromatic rings. The van der Waals surface area contributed by atoms with Crippen LogP contribution in [0.15, 0.2) is 18.2 Å². The Labute approximate surface area is 88.3 Å². The molecule has 14 heavy (non-hydrogen) atoms. The summed E-state index contributed by atoms with van der Waals surface area (Å²) < 4.78 is 6.99. The summed E-state index contributed by atoms with van der Waals surface area (Å²) in [6, 6.07) is 6.51. The van der Waals surface area contributed by atoms with Gasteiger partial charge in [-0.05, 0) is 38.5 Å². The first-order valence-corrected chi connectivity index (χ1v) is 5.66. The van der Waals surface area contributed by atoms with Crippen molar-refractivity contribution in [2.75, 3.05) is 6.61 Å². The van der Waals surface area contributed by atoms with Gasteiger partial charge < -0.3 is 4.74 Å². The van der Waals surface area contributed by atoms with Crippen LogP contribution >= 0.6 is 11.3 Å². The van der Waals surface area contributed by atoms with E-state index in [1.165, 1.54) is 20.5 Å². The summed E-state index contributed by atoms with van der Waals surface area (Å²) >= 11 is 1.82. The van der Waals surface area contributed by atoms with Gasteiger partial charge in [0.15, 0.2) is 0 Å². The van der Waals surface area contributed by atoms with Crippen molar-refractivity contribution in [3.63, 3.8) is 0 Å². The third kappa shape index (κ3) is 1.50. The monoisotopic (exact) mass is 206 g/mol. The molecule has 0 N–H and O–H groups in total. The lowest BCUT2D eigenvalue weighted by atomic mass is 10.1. The van der Waals surface area contributed by atoms with E-state index in [9.17, 15) is 0 Å². The average Bonchev–Trinajstić information content (AvgIpc) is 2.51. The molecule has 0 aliphatic heterocycles. The first kappa shape index (κ1) is 9.53. The molecule has 0 aliphatic rings. The molecule has 0 atom stereocenters. The van der Waals surface area contributed by atoms with Gasteiger partial charge in [-0.15, -0.1) is 11.3 Å². The Kier molecular flexibility index (Phi) is 2.46. The first-order valence-electron chi connectivity index (χ1n) is 4.85. The van der Waals surface area contributed by atoms with Crippen molar-refractivity contribution in [2.45, 2.75) is 20.8 Å². The molecule has 0 saturated carbocycles. The van der Waals surface area contributed by atoms with E-state index in [1.54, 1.807) is 0 Å². The summed E-state index contributed by atoms with van der Waals surface area (Å²) in [5.74, 6) is 1.05. The van der Waals surface area contributed by atoms with Crippen LogP contribution < -0.4 is 4.74 Å². The van der Waals surface area contributed by atoms with Crippen molar-refractivity contribution in [3.8, 4) is 5.75 Å². The zero-order chi connectivity index (χ0) is 10.1. The maximum absolute atomic E-state index is 5.67. The molecule has 0 unspecified atom stereocenters. The van der Waals surface area contributed by atoms with Crippen LogP contribution in [0.2, 0.25) is 0 Å². The summed E-state index contributed by atoms with van der Waals surface area (Å²) in [5.41, 5.74) is 1.22. The first-order chi connectivity index (χ1) is 6.72. The molecule has 0 spiro atoms. The fraction of sp³-hybridized carbons (Fsp3) is 0.333. The molecule has 1 heterocycles. The van der Waals surface area contributed by atoms with E-state index < -0.39 is 0 Å². The van der Waals surface area contributed by atoms with Crippen LogP contribution in [0.4, 0.5) is 0 Å². The Balaban J connectivity index is 2.68. The minimum atomic E-state index is 0.731. The van der Waals surface area contributed by atoms with Gasteiger partial charge in [0.25, 0.3) is 0 Å². The Hall–Kier alpha value is -1.02. The summed E-state index contributed by atoms with van der Waals surface area (Å²) in [6.07, 6.45) is 0. The van der Waals surface area contributed by atoms with Crippen LogP contribution in [0.25, 0.3) is 10.1 Å². The third-order valence-electron chi connectivity index (χ3n) is 2.26. The predicted molar refractivity (Wildman–Crippen MR) is 62.5 cm³/mol. The highest BCUT2D eigenvalue weighted by Crippen LogP contribution is 2.34. The highest BCUT2D eigenvalue weighted by molar-refractivity contribution is 7.19. The van der Waals surface area contributed by atoms with Crippen molar-refractivity contribution in [1.29, 1.82) is 0 Å². The quantitative estimate of drug-likeness (QED) is 0.723. The SMILES string of the molecule is CCOc1c(C)ccc2sc(C)cc12. The third-order valence-corrected chi connectivity index (χ3v) is 3.28. The predicted octanol–water partition coefficient (Wildman–Crippen LogP) is 3.92. The summed E-state index contributed by atoms with van der Waals surface area (Å²) in [6.45, 7) is 6.99. The fourth-order valence-electron chi connectivity index (χ4n) is 1.66. The van der Waals surface area contributed by atoms with Crippen LogP contribution in [0.5, 0.6) is 5.75 Å². The molecule has 0 fully saturated rings. The number of aryl methyl sites for hydroxylation is 2. The smallest absolute Gasteiger partial charge is 0.130 e. The zero-order valence-corrected chi connectivity index (χ0v) is 9.57. The molecule has 1 aromatic carbocycles. The molecule has 0 bridgehead atoms. The number of hydrogen-bond donors (Lipinski definition) is 0. The Morgan fingerprint density at radius 1 is 1.29 bits per heavy atom. The van der Waals surface area contributed by atoms with Crippen LogP contribution in [0.1, 0.15) is 17.4 Å². The van der Waals surface area contributed by atoms with E-state index in [0.29, 0.717) is 0 Å². The van der Waals surface area contributed by atoms with E-state index in [1.807, 2.05) is 18.3 Å². The molecule has 0 saturated heterocycles. The number of ether oxygens (including phenoxy) is 1. The van der Waals surface area contributed by atoms with Crippen LogP contribution in [-0.2, 0) is 0 Å². The number of fused-ring (bicyclic) bond motifs is 1. The van der Waals surface area contributed by atoms with Crippen LogP contribution in [-0.4, -0.2) is 6.61 Å². The lowest BCUT2D eigenvalue weighted by Crippen LogP contribution is -1.93. The van der Waals surface area contributed by atoms with Gasteiger partial charge in [0.05, 0.1) is 6.61 Å². The van der Waals surface area contributed by atoms with E-state index >= 15 is 0 Å². The average molecular weight is 206 g/mol. The van der Waals surface area contributed by atoms with Gasteiger partial charge in [-0.25, -0.2) is 0 Å². The van der Waals surface area contributed by atoms with Crippen molar-refractivity contribution in [1.82, 2.24) is 0 Å². The van der Waals surface area contributed by atoms with Gasteiger partial charge in [-0.2, -0.15) is 0 Å². The molecule has 2 heteroatoms. The fourth-order valence-corrected chi connectivity index (χ4v) is 2.58. The van der Waals surface area contributed by atoms with Crippen molar-refractivity contribution in [2.24, 2.45) is 0 Å². The molecule has 0 amide bonds. The highest BCUT2D eigenvalue weighted by Gasteiger charge is 2.07. The van der Waals surface area contributed by atoms with Gasteiger partial charge in [0.1, 0.15) is 5.75 Å². The van der Waals surface area contributed by atoms with E-state index in [2.05, 4.69) is 32.0 Å². The van der Waals surface area contributed by atoms with Crippen LogP contribution in [0.3, 0.4) is 0 Å². The summed E-state index contributed by atoms with van der Waals surface area (Å²) in [4.78, 5) is 1.34. The maximum atomic E-state index is 5.67. The maximum Gasteiger partial charge on any atom is 0.130 e. The van der Waals surface area contributed by atoms with Gasteiger partial charge in [0, 0.05) is 15.0 Å². The standard InChI is InChI=1S/C12H14OS/c1-4-13-12-8(2)5-6-11-10(12)7-9(3)14-11/h5-7H,4H2,1-3H3. The van der Waals surface area contributed by atoms with E-state index in [-0.39, 0.29) is 0 Å². The zero-order valence-electron chi connectivity index (χ0n) is 8.76. The van der Waals surface area contributed by atoms with Crippen molar-refractivity contribution < 1.29 is 4.74 Å². The second-order valence-electron chi connectivity index (χ2n) is 3.41. The molecule has 0 radical (unpaired) electrons. The summed E-state index contributed by atoms with van der Waals surface area (Å²) in [5, 5.41) is 1.26. The lowest BCUT2D eigenvalue weighted by molar-refractivity contribution is 0.342. The van der Waals surface area contributed by atoms with Crippen molar-refractivity contribution in [3.05, 3.63) is 28.6 Å². The topological polar surface area (TPSA) is 9.23 Å². The summed E-state index contributed by atoms with van der Waals surface area (Å²) in [7, 11) is 0. The molecule has 2 rings (SSSR count). The molecule has 1 nitrogen and oxygen atoms in total. The second-order valence-corrected chi connectivity index (χ2v) is 4.70. The van der Waals surface area contributed by atoms with Crippen molar-refractivity contribution >= 4 is 21.4 Å². The number of rotatable bonds is 2. The molecule has 74 valence electrons. The van der Waals surface area contributed by atoms with Gasteiger partial charge in [-0.1, -0.05) is 6.07 Å². The van der Waals surface area contributed by atoms with Gasteiger partial charge in [-0.3, -0.25) is 0 Å². The van der Waals surface area contributed by atoms with Gasteiger partial charge in [0.2, 0.25) is 0 Å². The van der Waals surface area contributed by atoms with E-state index in [4.69, 9.17) is 4.74 Å². The Bertz CT molecular complexity index is 457. The minimum Gasteiger partial charge on any atom is -0.493 e. The molecule has 1 aromatic heterocycles. The second kappa shape index (κ2) is 3.62. The van der Waals surface area contributed by atoms with Gasteiger partial charge >= 0.3 is 0 Å². The minimum absolute atomic E-state index is 0.731. The molecular formula is C12H14OS. The molecule has 0 aliphatic carbocycles. The Morgan fingerprint density at radius 3 is 2.79 bits per heavy atom. The number of benzene rings is 1. The molecular weight excluding hydrogens is 192 g/mol. The highest BCUT2D eigenvalue weighted by atomic mass is 32.1. The lowest BCUT2D eigenvalue weighted by Gasteiger charge is -2.07. The van der Waals surface area contributed by atoms with E-state index in [0.717, 1.165) is 12.4 Å². The Morgan fingerprint density at radius 2 is 2.07 bits per heavy atom. The largest absolute Gasteiger partial charge is 0.493 e. The number of thiophene rings is 1. The van der Waals surface area contributed by atoms with Crippen LogP contribution in [0, 0.1) is 13.8 Å².